The number of nitrogens with zero attached hydrogens (tertiary/aromatic N) is 1. The van der Waals surface area contributed by atoms with E-state index in [2.05, 4.69) is 39.6 Å². The van der Waals surface area contributed by atoms with Crippen molar-refractivity contribution in [1.29, 1.82) is 0 Å². The summed E-state index contributed by atoms with van der Waals surface area (Å²) in [7, 11) is 2.26. The molecule has 0 spiro atoms. The normalized spacial score (nSPS) is 39.0. The Morgan fingerprint density at radius 3 is 1.83 bits per heavy atom. The molecule has 1 aliphatic rings. The highest BCUT2D eigenvalue weighted by Crippen LogP contribution is 2.31. The van der Waals surface area contributed by atoms with E-state index in [9.17, 15) is 0 Å². The molecule has 2 atom stereocenters. The van der Waals surface area contributed by atoms with Crippen molar-refractivity contribution in [3.8, 4) is 0 Å². The maximum atomic E-state index is 2.51. The van der Waals surface area contributed by atoms with E-state index in [1.165, 1.54) is 12.8 Å². The van der Waals surface area contributed by atoms with Crippen molar-refractivity contribution >= 4 is 0 Å². The number of rotatable bonds is 1. The van der Waals surface area contributed by atoms with Gasteiger partial charge in [-0.15, -0.1) is 0 Å². The lowest BCUT2D eigenvalue weighted by molar-refractivity contribution is 0.0789. The van der Waals surface area contributed by atoms with Crippen LogP contribution in [0.1, 0.15) is 40.5 Å². The van der Waals surface area contributed by atoms with E-state index >= 15 is 0 Å². The molecule has 1 fully saturated rings. The van der Waals surface area contributed by atoms with Gasteiger partial charge in [-0.25, -0.2) is 0 Å². The average molecular weight is 169 g/mol. The smallest absolute Gasteiger partial charge is 0.00694 e. The quantitative estimate of drug-likeness (QED) is 0.583. The molecule has 0 saturated carbocycles. The number of piperidine rings is 1. The summed E-state index contributed by atoms with van der Waals surface area (Å²) in [5.74, 6) is 1.81. The fourth-order valence-corrected chi connectivity index (χ4v) is 2.28. The summed E-state index contributed by atoms with van der Waals surface area (Å²) in [4.78, 5) is 2.51. The second-order valence-corrected chi connectivity index (χ2v) is 4.84. The second-order valence-electron chi connectivity index (χ2n) is 4.84. The Morgan fingerprint density at radius 2 is 1.50 bits per heavy atom. The predicted octanol–water partition coefficient (Wildman–Crippen LogP) is 2.76. The Labute approximate surface area is 77.1 Å². The van der Waals surface area contributed by atoms with Crippen LogP contribution < -0.4 is 0 Å². The maximum Gasteiger partial charge on any atom is 0.00694 e. The summed E-state index contributed by atoms with van der Waals surface area (Å²) in [6, 6.07) is 1.56. The van der Waals surface area contributed by atoms with E-state index in [1.807, 2.05) is 0 Å². The monoisotopic (exact) mass is 169 g/mol. The van der Waals surface area contributed by atoms with Crippen LogP contribution >= 0.6 is 0 Å². The molecule has 12 heavy (non-hydrogen) atoms. The minimum atomic E-state index is 0.779. The average Bonchev–Trinajstić information content (AvgIpc) is 1.99. The Hall–Kier alpha value is -0.0400. The van der Waals surface area contributed by atoms with E-state index < -0.39 is 0 Å². The van der Waals surface area contributed by atoms with Gasteiger partial charge in [0.25, 0.3) is 0 Å². The molecule has 0 N–H and O–H groups in total. The van der Waals surface area contributed by atoms with Crippen LogP contribution in [0, 0.1) is 11.8 Å². The molecule has 0 aromatic carbocycles. The van der Waals surface area contributed by atoms with Crippen LogP contribution in [0.2, 0.25) is 0 Å². The van der Waals surface area contributed by atoms with Crippen molar-refractivity contribution in [3.05, 3.63) is 0 Å². The standard InChI is InChI=1S/C11H23N/c1-8(2)11-6-9(3)12(5)10(4)7-11/h8-11H,6-7H2,1-5H3. The topological polar surface area (TPSA) is 3.24 Å². The third-order valence-corrected chi connectivity index (χ3v) is 3.62. The van der Waals surface area contributed by atoms with Crippen LogP contribution in [-0.2, 0) is 0 Å². The van der Waals surface area contributed by atoms with Gasteiger partial charge in [0.15, 0.2) is 0 Å². The van der Waals surface area contributed by atoms with Crippen LogP contribution in [0.5, 0.6) is 0 Å². The second kappa shape index (κ2) is 3.78. The first-order chi connectivity index (χ1) is 5.52. The summed E-state index contributed by atoms with van der Waals surface area (Å²) in [6.07, 6.45) is 2.77. The van der Waals surface area contributed by atoms with Crippen molar-refractivity contribution in [1.82, 2.24) is 4.90 Å². The van der Waals surface area contributed by atoms with E-state index in [0.717, 1.165) is 23.9 Å². The van der Waals surface area contributed by atoms with Gasteiger partial charge < -0.3 is 4.90 Å². The molecule has 0 aromatic rings. The molecule has 1 nitrogen and oxygen atoms in total. The van der Waals surface area contributed by atoms with Crippen molar-refractivity contribution in [3.63, 3.8) is 0 Å². The van der Waals surface area contributed by atoms with E-state index in [-0.39, 0.29) is 0 Å². The number of hydrogen-bond acceptors (Lipinski definition) is 1. The first-order valence-corrected chi connectivity index (χ1v) is 5.24. The van der Waals surface area contributed by atoms with Crippen molar-refractivity contribution < 1.29 is 0 Å². The molecular formula is C11H23N. The van der Waals surface area contributed by atoms with Crippen LogP contribution in [0.4, 0.5) is 0 Å². The van der Waals surface area contributed by atoms with E-state index in [0.29, 0.717) is 0 Å². The minimum Gasteiger partial charge on any atom is -0.301 e. The molecular weight excluding hydrogens is 146 g/mol. The Morgan fingerprint density at radius 1 is 1.08 bits per heavy atom. The van der Waals surface area contributed by atoms with Crippen LogP contribution in [-0.4, -0.2) is 24.0 Å². The molecule has 72 valence electrons. The molecule has 2 unspecified atom stereocenters. The van der Waals surface area contributed by atoms with Crippen molar-refractivity contribution in [2.24, 2.45) is 11.8 Å². The highest BCUT2D eigenvalue weighted by Gasteiger charge is 2.29. The zero-order valence-electron chi connectivity index (χ0n) is 9.17. The molecule has 0 amide bonds. The molecule has 1 heterocycles. The molecule has 0 radical (unpaired) electrons. The first kappa shape index (κ1) is 10.0. The molecule has 0 aromatic heterocycles. The van der Waals surface area contributed by atoms with Gasteiger partial charge in [-0.05, 0) is 45.6 Å². The van der Waals surface area contributed by atoms with Gasteiger partial charge in [-0.1, -0.05) is 13.8 Å². The fraction of sp³-hybridized carbons (Fsp3) is 1.00. The van der Waals surface area contributed by atoms with Gasteiger partial charge >= 0.3 is 0 Å². The fourth-order valence-electron chi connectivity index (χ4n) is 2.28. The van der Waals surface area contributed by atoms with Gasteiger partial charge in [0, 0.05) is 12.1 Å². The van der Waals surface area contributed by atoms with Gasteiger partial charge in [-0.3, -0.25) is 0 Å². The lowest BCUT2D eigenvalue weighted by Gasteiger charge is -2.41. The van der Waals surface area contributed by atoms with E-state index in [4.69, 9.17) is 0 Å². The third-order valence-electron chi connectivity index (χ3n) is 3.62. The first-order valence-electron chi connectivity index (χ1n) is 5.24. The third kappa shape index (κ3) is 2.01. The Kier molecular flexibility index (Phi) is 3.16. The Balaban J connectivity index is 2.53. The summed E-state index contributed by atoms with van der Waals surface area (Å²) in [5.41, 5.74) is 0. The van der Waals surface area contributed by atoms with Crippen molar-refractivity contribution in [2.75, 3.05) is 7.05 Å². The number of likely N-dealkylation sites (tertiary alicyclic amines) is 1. The van der Waals surface area contributed by atoms with Gasteiger partial charge in [-0.2, -0.15) is 0 Å². The summed E-state index contributed by atoms with van der Waals surface area (Å²) in [6.45, 7) is 9.42. The summed E-state index contributed by atoms with van der Waals surface area (Å²) in [5, 5.41) is 0. The molecule has 1 rings (SSSR count). The molecule has 1 heteroatoms. The highest BCUT2D eigenvalue weighted by molar-refractivity contribution is 4.83. The van der Waals surface area contributed by atoms with Crippen LogP contribution in [0.15, 0.2) is 0 Å². The lowest BCUT2D eigenvalue weighted by Crippen LogP contribution is -2.44. The number of hydrogen-bond donors (Lipinski definition) is 0. The lowest BCUT2D eigenvalue weighted by atomic mass is 9.80. The summed E-state index contributed by atoms with van der Waals surface area (Å²) < 4.78 is 0. The molecule has 0 bridgehead atoms. The summed E-state index contributed by atoms with van der Waals surface area (Å²) >= 11 is 0. The van der Waals surface area contributed by atoms with Gasteiger partial charge in [0.2, 0.25) is 0 Å². The minimum absolute atomic E-state index is 0.779. The van der Waals surface area contributed by atoms with Gasteiger partial charge in [0.1, 0.15) is 0 Å². The maximum absolute atomic E-state index is 2.51. The van der Waals surface area contributed by atoms with Gasteiger partial charge in [0.05, 0.1) is 0 Å². The Bertz CT molecular complexity index is 130. The zero-order chi connectivity index (χ0) is 9.30. The highest BCUT2D eigenvalue weighted by atomic mass is 15.2. The molecule has 1 saturated heterocycles. The molecule has 0 aliphatic carbocycles. The van der Waals surface area contributed by atoms with Crippen molar-refractivity contribution in [2.45, 2.75) is 52.6 Å². The largest absolute Gasteiger partial charge is 0.301 e. The predicted molar refractivity (Wildman–Crippen MR) is 54.2 cm³/mol. The van der Waals surface area contributed by atoms with Crippen LogP contribution in [0.25, 0.3) is 0 Å². The van der Waals surface area contributed by atoms with Crippen LogP contribution in [0.3, 0.4) is 0 Å². The SMILES string of the molecule is CC(C)C1CC(C)N(C)C(C)C1. The van der Waals surface area contributed by atoms with E-state index in [1.54, 1.807) is 0 Å². The zero-order valence-corrected chi connectivity index (χ0v) is 9.17. The molecule has 1 aliphatic heterocycles.